The minimum Gasteiger partial charge on any atom is -0.481 e. The van der Waals surface area contributed by atoms with E-state index >= 15 is 0 Å². The molecule has 0 spiro atoms. The molecule has 21 heavy (non-hydrogen) atoms. The number of carboxylic acid groups (broad SMARTS) is 1. The largest absolute Gasteiger partial charge is 0.481 e. The van der Waals surface area contributed by atoms with E-state index in [1.165, 1.54) is 10.8 Å². The van der Waals surface area contributed by atoms with E-state index in [1.807, 2.05) is 0 Å². The Morgan fingerprint density at radius 1 is 1.38 bits per heavy atom. The normalized spacial score (nSPS) is 14.1. The van der Waals surface area contributed by atoms with Crippen LogP contribution >= 0.6 is 21.6 Å². The van der Waals surface area contributed by atoms with Gasteiger partial charge in [-0.3, -0.25) is 9.59 Å². The van der Waals surface area contributed by atoms with Crippen molar-refractivity contribution in [2.45, 2.75) is 32.1 Å². The molecule has 0 unspecified atom stereocenters. The molecule has 1 fully saturated rings. The van der Waals surface area contributed by atoms with Gasteiger partial charge in [-0.05, 0) is 19.8 Å². The van der Waals surface area contributed by atoms with Crippen LogP contribution in [0.2, 0.25) is 0 Å². The molecule has 1 amide bonds. The Morgan fingerprint density at radius 2 is 2.10 bits per heavy atom. The van der Waals surface area contributed by atoms with Gasteiger partial charge in [0.2, 0.25) is 0 Å². The Morgan fingerprint density at radius 3 is 2.76 bits per heavy atom. The topological polar surface area (TPSA) is 92.4 Å². The number of aliphatic carboxylic acids is 1. The van der Waals surface area contributed by atoms with Gasteiger partial charge < -0.3 is 14.9 Å². The smallest absolute Gasteiger partial charge is 0.304 e. The molecular weight excluding hydrogens is 312 g/mol. The molecule has 1 aromatic rings. The minimum absolute atomic E-state index is 0.133. The second-order valence-corrected chi connectivity index (χ2v) is 7.52. The zero-order valence-corrected chi connectivity index (χ0v) is 13.4. The Bertz CT molecular complexity index is 514. The van der Waals surface area contributed by atoms with Crippen LogP contribution < -0.4 is 5.32 Å². The van der Waals surface area contributed by atoms with E-state index in [4.69, 9.17) is 9.63 Å². The fourth-order valence-electron chi connectivity index (χ4n) is 1.84. The Labute approximate surface area is 130 Å². The van der Waals surface area contributed by atoms with E-state index in [2.05, 4.69) is 10.5 Å². The van der Waals surface area contributed by atoms with Gasteiger partial charge in [-0.25, -0.2) is 0 Å². The van der Waals surface area contributed by atoms with Crippen molar-refractivity contribution < 1.29 is 19.2 Å². The number of carbonyl (C=O) groups excluding carboxylic acids is 1. The molecule has 0 radical (unpaired) electrons. The van der Waals surface area contributed by atoms with Crippen LogP contribution in [0.25, 0.3) is 0 Å². The van der Waals surface area contributed by atoms with Gasteiger partial charge in [-0.1, -0.05) is 26.7 Å². The summed E-state index contributed by atoms with van der Waals surface area (Å²) >= 11 is 0. The van der Waals surface area contributed by atoms with E-state index in [0.717, 1.165) is 24.3 Å². The fourth-order valence-corrected chi connectivity index (χ4v) is 3.73. The van der Waals surface area contributed by atoms with Gasteiger partial charge in [0.1, 0.15) is 11.3 Å². The van der Waals surface area contributed by atoms with Gasteiger partial charge >= 0.3 is 5.97 Å². The summed E-state index contributed by atoms with van der Waals surface area (Å²) in [5.41, 5.74) is 1.37. The molecule has 2 rings (SSSR count). The second kappa shape index (κ2) is 7.74. The monoisotopic (exact) mass is 330 g/mol. The lowest BCUT2D eigenvalue weighted by atomic mass is 10.1. The van der Waals surface area contributed by atoms with Crippen LogP contribution in [-0.2, 0) is 4.79 Å². The van der Waals surface area contributed by atoms with Gasteiger partial charge in [0.05, 0.1) is 12.1 Å². The highest BCUT2D eigenvalue weighted by atomic mass is 33.1. The molecule has 1 saturated carbocycles. The van der Waals surface area contributed by atoms with Crippen LogP contribution in [0.3, 0.4) is 0 Å². The first-order chi connectivity index (χ1) is 10.1. The van der Waals surface area contributed by atoms with Gasteiger partial charge in [0.15, 0.2) is 0 Å². The predicted octanol–water partition coefficient (Wildman–Crippen LogP) is 2.45. The molecule has 1 aromatic heterocycles. The van der Waals surface area contributed by atoms with Crippen molar-refractivity contribution in [3.05, 3.63) is 17.0 Å². The lowest BCUT2D eigenvalue weighted by Crippen LogP contribution is -2.26. The Balaban J connectivity index is 1.68. The third-order valence-electron chi connectivity index (χ3n) is 3.03. The molecule has 0 atom stereocenters. The van der Waals surface area contributed by atoms with E-state index < -0.39 is 5.97 Å². The predicted molar refractivity (Wildman–Crippen MR) is 82.7 cm³/mol. The maximum Gasteiger partial charge on any atom is 0.304 e. The molecule has 8 heteroatoms. The van der Waals surface area contributed by atoms with Gasteiger partial charge in [0.25, 0.3) is 5.91 Å². The fraction of sp³-hybridized carbons (Fsp3) is 0.615. The average molecular weight is 330 g/mol. The Hall–Kier alpha value is -1.15. The summed E-state index contributed by atoms with van der Waals surface area (Å²) in [7, 11) is 3.07. The quantitative estimate of drug-likeness (QED) is 0.530. The van der Waals surface area contributed by atoms with Gasteiger partial charge in [0, 0.05) is 24.0 Å². The van der Waals surface area contributed by atoms with E-state index in [1.54, 1.807) is 17.7 Å². The third-order valence-corrected chi connectivity index (χ3v) is 5.44. The van der Waals surface area contributed by atoms with Crippen LogP contribution in [0.15, 0.2) is 4.52 Å². The van der Waals surface area contributed by atoms with Crippen molar-refractivity contribution in [3.63, 3.8) is 0 Å². The molecule has 1 aliphatic rings. The summed E-state index contributed by atoms with van der Waals surface area (Å²) < 4.78 is 5.12. The first-order valence-corrected chi connectivity index (χ1v) is 9.29. The number of rotatable bonds is 9. The second-order valence-electron chi connectivity index (χ2n) is 4.82. The van der Waals surface area contributed by atoms with Crippen molar-refractivity contribution in [1.82, 2.24) is 10.5 Å². The highest BCUT2D eigenvalue weighted by Crippen LogP contribution is 2.41. The molecule has 0 aromatic carbocycles. The molecule has 0 aliphatic heterocycles. The van der Waals surface area contributed by atoms with Crippen LogP contribution in [-0.4, -0.2) is 40.2 Å². The number of nitrogens with zero attached hydrogens (tertiary/aromatic N) is 1. The number of nitrogens with one attached hydrogen (secondary N) is 1. The number of amides is 1. The number of carboxylic acids is 1. The maximum atomic E-state index is 12.2. The number of aryl methyl sites for hydroxylation is 1. The van der Waals surface area contributed by atoms with Crippen LogP contribution in [0, 0.1) is 6.92 Å². The summed E-state index contributed by atoms with van der Waals surface area (Å²) in [6.45, 7) is 2.29. The SMILES string of the molecule is Cc1onc(C2CC2)c1C(=O)NCCSSCCC(=O)O. The van der Waals surface area contributed by atoms with Gasteiger partial charge in [-0.2, -0.15) is 0 Å². The van der Waals surface area contributed by atoms with E-state index in [-0.39, 0.29) is 12.3 Å². The molecule has 6 nitrogen and oxygen atoms in total. The summed E-state index contributed by atoms with van der Waals surface area (Å²) in [6, 6.07) is 0. The zero-order chi connectivity index (χ0) is 15.2. The van der Waals surface area contributed by atoms with Gasteiger partial charge in [-0.15, -0.1) is 0 Å². The number of hydrogen-bond donors (Lipinski definition) is 2. The number of carbonyl (C=O) groups is 2. The lowest BCUT2D eigenvalue weighted by Gasteiger charge is -2.05. The third kappa shape index (κ3) is 4.96. The van der Waals surface area contributed by atoms with Crippen LogP contribution in [0.4, 0.5) is 0 Å². The van der Waals surface area contributed by atoms with Crippen molar-refractivity contribution in [2.24, 2.45) is 0 Å². The van der Waals surface area contributed by atoms with Crippen molar-refractivity contribution >= 4 is 33.5 Å². The molecule has 1 aliphatic carbocycles. The van der Waals surface area contributed by atoms with Crippen molar-refractivity contribution in [1.29, 1.82) is 0 Å². The molecule has 116 valence electrons. The van der Waals surface area contributed by atoms with Crippen LogP contribution in [0.5, 0.6) is 0 Å². The van der Waals surface area contributed by atoms with Crippen LogP contribution in [0.1, 0.15) is 47.0 Å². The summed E-state index contributed by atoms with van der Waals surface area (Å²) in [6.07, 6.45) is 2.30. The minimum atomic E-state index is -0.785. The van der Waals surface area contributed by atoms with Crippen molar-refractivity contribution in [2.75, 3.05) is 18.1 Å². The molecular formula is C13H18N2O4S2. The van der Waals surface area contributed by atoms with Crippen molar-refractivity contribution in [3.8, 4) is 0 Å². The Kier molecular flexibility index (Phi) is 5.98. The summed E-state index contributed by atoms with van der Waals surface area (Å²) in [4.78, 5) is 22.5. The summed E-state index contributed by atoms with van der Waals surface area (Å²) in [5, 5.41) is 15.3. The highest BCUT2D eigenvalue weighted by molar-refractivity contribution is 8.76. The standard InChI is InChI=1S/C13H18N2O4S2/c1-8-11(12(15-19-8)9-2-3-9)13(18)14-5-7-21-20-6-4-10(16)17/h9H,2-7H2,1H3,(H,14,18)(H,16,17). The number of aromatic nitrogens is 1. The molecule has 0 saturated heterocycles. The first kappa shape index (κ1) is 16.2. The molecule has 2 N–H and O–H groups in total. The number of hydrogen-bond acceptors (Lipinski definition) is 6. The first-order valence-electron chi connectivity index (χ1n) is 6.80. The molecule has 0 bridgehead atoms. The van der Waals surface area contributed by atoms with E-state index in [9.17, 15) is 9.59 Å². The average Bonchev–Trinajstić information content (AvgIpc) is 3.20. The maximum absolute atomic E-state index is 12.2. The molecule has 1 heterocycles. The highest BCUT2D eigenvalue weighted by Gasteiger charge is 2.33. The summed E-state index contributed by atoms with van der Waals surface area (Å²) in [5.74, 6) is 1.34. The van der Waals surface area contributed by atoms with E-state index in [0.29, 0.717) is 29.5 Å². The lowest BCUT2D eigenvalue weighted by molar-refractivity contribution is -0.136. The zero-order valence-electron chi connectivity index (χ0n) is 11.8.